The number of para-hydroxylation sites is 1. The minimum Gasteiger partial charge on any atom is -0.506 e. The van der Waals surface area contributed by atoms with Crippen LogP contribution in [0.15, 0.2) is 100.0 Å². The third-order valence-electron chi connectivity index (χ3n) is 8.50. The van der Waals surface area contributed by atoms with Crippen LogP contribution >= 0.6 is 0 Å². The fourth-order valence-corrected chi connectivity index (χ4v) is 6.64. The third-order valence-corrected chi connectivity index (χ3v) is 8.50. The van der Waals surface area contributed by atoms with E-state index in [1.165, 1.54) is 27.5 Å². The third kappa shape index (κ3) is 2.83. The van der Waals surface area contributed by atoms with Crippen molar-refractivity contribution in [1.29, 1.82) is 0 Å². The molecule has 0 radical (unpaired) electrons. The Morgan fingerprint density at radius 2 is 1.53 bits per heavy atom. The van der Waals surface area contributed by atoms with Gasteiger partial charge in [-0.05, 0) is 64.1 Å². The maximum absolute atomic E-state index is 13.6. The summed E-state index contributed by atoms with van der Waals surface area (Å²) in [4.78, 5) is 13.6. The van der Waals surface area contributed by atoms with Crippen molar-refractivity contribution in [3.63, 3.8) is 0 Å². The van der Waals surface area contributed by atoms with Crippen LogP contribution in [-0.2, 0) is 15.6 Å². The van der Waals surface area contributed by atoms with Gasteiger partial charge in [-0.1, -0.05) is 88.4 Å². The van der Waals surface area contributed by atoms with E-state index in [2.05, 4.69) is 87.6 Å². The molecule has 0 atom stereocenters. The lowest BCUT2D eigenvalue weighted by atomic mass is 9.72. The summed E-state index contributed by atoms with van der Waals surface area (Å²) in [6.07, 6.45) is 2.19. The standard InChI is InChI=1S/C33H31NO2/c1-18(24-17-21-16-15-20-11-7-8-12-22(20)28(21)32(24,3)4)26-29(35)27(30(26)36)19(2)31-33(5,6)23-13-9-10-14-25(23)34-31/h7-17,34-35H,1-6H3/b26-18?,31-19+. The Kier molecular flexibility index (Phi) is 4.60. The number of carbonyl (C=O) groups is 1. The molecule has 3 aromatic rings. The van der Waals surface area contributed by atoms with Gasteiger partial charge in [-0.3, -0.25) is 4.79 Å². The van der Waals surface area contributed by atoms with Crippen LogP contribution in [0.4, 0.5) is 5.69 Å². The molecule has 3 heteroatoms. The van der Waals surface area contributed by atoms with Crippen molar-refractivity contribution in [3.8, 4) is 0 Å². The number of hydrogen-bond acceptors (Lipinski definition) is 3. The maximum atomic E-state index is 13.6. The number of aliphatic hydroxyl groups excluding tert-OH is 1. The molecular formula is C33H31NO2. The summed E-state index contributed by atoms with van der Waals surface area (Å²) >= 11 is 0. The van der Waals surface area contributed by atoms with Gasteiger partial charge in [0.05, 0.1) is 11.1 Å². The highest BCUT2D eigenvalue weighted by Gasteiger charge is 2.44. The number of carbonyl (C=O) groups excluding carboxylic acids is 1. The lowest BCUT2D eigenvalue weighted by Gasteiger charge is -2.31. The second-order valence-electron chi connectivity index (χ2n) is 11.3. The topological polar surface area (TPSA) is 49.3 Å². The molecule has 2 N–H and O–H groups in total. The highest BCUT2D eigenvalue weighted by molar-refractivity contribution is 6.22. The summed E-state index contributed by atoms with van der Waals surface area (Å²) in [6, 6.07) is 21.0. The van der Waals surface area contributed by atoms with Crippen molar-refractivity contribution in [2.45, 2.75) is 52.4 Å². The van der Waals surface area contributed by atoms with Crippen LogP contribution in [0.1, 0.15) is 58.2 Å². The van der Waals surface area contributed by atoms with Gasteiger partial charge in [-0.15, -0.1) is 0 Å². The van der Waals surface area contributed by atoms with Gasteiger partial charge in [0, 0.05) is 22.2 Å². The SMILES string of the molecule is CC(C1=Cc2ccc3ccccc3c2C1(C)C)=C1C(=O)C(/C(C)=C2/Nc3ccccc3C2(C)C)=C1O. The van der Waals surface area contributed by atoms with Crippen LogP contribution in [-0.4, -0.2) is 10.9 Å². The van der Waals surface area contributed by atoms with Gasteiger partial charge in [0.1, 0.15) is 5.76 Å². The average molecular weight is 474 g/mol. The molecule has 0 amide bonds. The number of benzene rings is 3. The minimum absolute atomic E-state index is 0.0823. The Morgan fingerprint density at radius 1 is 0.833 bits per heavy atom. The number of anilines is 1. The fraction of sp³-hybridized carbons (Fsp3) is 0.242. The van der Waals surface area contributed by atoms with E-state index in [9.17, 15) is 9.90 Å². The predicted molar refractivity (Wildman–Crippen MR) is 148 cm³/mol. The molecule has 0 spiro atoms. The smallest absolute Gasteiger partial charge is 0.201 e. The van der Waals surface area contributed by atoms with Gasteiger partial charge in [-0.25, -0.2) is 0 Å². The molecule has 3 aliphatic rings. The van der Waals surface area contributed by atoms with E-state index >= 15 is 0 Å². The van der Waals surface area contributed by atoms with E-state index in [1.807, 2.05) is 26.0 Å². The highest BCUT2D eigenvalue weighted by Crippen LogP contribution is 2.51. The van der Waals surface area contributed by atoms with Crippen molar-refractivity contribution in [3.05, 3.63) is 117 Å². The first-order valence-corrected chi connectivity index (χ1v) is 12.6. The second kappa shape index (κ2) is 7.33. The quantitative estimate of drug-likeness (QED) is 0.372. The van der Waals surface area contributed by atoms with Crippen molar-refractivity contribution >= 4 is 28.3 Å². The lowest BCUT2D eigenvalue weighted by Crippen LogP contribution is -2.29. The number of Topliss-reactive ketones (excluding diaryl/α,β-unsaturated/α-hetero) is 1. The number of ketones is 1. The van der Waals surface area contributed by atoms with Crippen molar-refractivity contribution in [2.75, 3.05) is 5.32 Å². The molecule has 0 aromatic heterocycles. The largest absolute Gasteiger partial charge is 0.506 e. The molecule has 0 saturated carbocycles. The highest BCUT2D eigenvalue weighted by atomic mass is 16.3. The molecule has 0 fully saturated rings. The molecule has 0 saturated heterocycles. The molecule has 0 unspecified atom stereocenters. The Bertz CT molecular complexity index is 1640. The molecule has 1 aliphatic heterocycles. The fourth-order valence-electron chi connectivity index (χ4n) is 6.64. The monoisotopic (exact) mass is 473 g/mol. The zero-order valence-electron chi connectivity index (χ0n) is 21.7. The van der Waals surface area contributed by atoms with Gasteiger partial charge < -0.3 is 10.4 Å². The summed E-state index contributed by atoms with van der Waals surface area (Å²) in [7, 11) is 0. The Balaban J connectivity index is 1.44. The summed E-state index contributed by atoms with van der Waals surface area (Å²) in [5.74, 6) is 0.0228. The molecule has 36 heavy (non-hydrogen) atoms. The summed E-state index contributed by atoms with van der Waals surface area (Å²) in [6.45, 7) is 12.6. The number of aliphatic hydroxyl groups is 1. The predicted octanol–water partition coefficient (Wildman–Crippen LogP) is 7.90. The van der Waals surface area contributed by atoms with Crippen LogP contribution in [0.3, 0.4) is 0 Å². The summed E-state index contributed by atoms with van der Waals surface area (Å²) < 4.78 is 0. The van der Waals surface area contributed by atoms with Gasteiger partial charge in [-0.2, -0.15) is 0 Å². The van der Waals surface area contributed by atoms with E-state index in [4.69, 9.17) is 0 Å². The number of nitrogens with one attached hydrogen (secondary N) is 1. The van der Waals surface area contributed by atoms with E-state index in [0.29, 0.717) is 11.1 Å². The minimum atomic E-state index is -0.284. The Morgan fingerprint density at radius 3 is 2.25 bits per heavy atom. The number of rotatable bonds is 2. The number of allylic oxidation sites excluding steroid dienone is 6. The molecule has 1 heterocycles. The second-order valence-corrected chi connectivity index (χ2v) is 11.3. The van der Waals surface area contributed by atoms with Gasteiger partial charge in [0.15, 0.2) is 0 Å². The van der Waals surface area contributed by atoms with Crippen molar-refractivity contribution in [1.82, 2.24) is 0 Å². The molecule has 0 bridgehead atoms. The first kappa shape index (κ1) is 22.6. The van der Waals surface area contributed by atoms with Crippen LogP contribution in [0, 0.1) is 0 Å². The first-order valence-electron chi connectivity index (χ1n) is 12.6. The summed E-state index contributed by atoms with van der Waals surface area (Å²) in [5.41, 5.74) is 8.72. The molecule has 3 aromatic carbocycles. The van der Waals surface area contributed by atoms with Crippen molar-refractivity contribution < 1.29 is 9.90 Å². The van der Waals surface area contributed by atoms with E-state index in [1.54, 1.807) is 0 Å². The zero-order chi connectivity index (χ0) is 25.6. The van der Waals surface area contributed by atoms with Crippen LogP contribution in [0.5, 0.6) is 0 Å². The van der Waals surface area contributed by atoms with Crippen LogP contribution in [0.25, 0.3) is 16.8 Å². The zero-order valence-corrected chi connectivity index (χ0v) is 21.7. The Labute approximate surface area is 212 Å². The maximum Gasteiger partial charge on any atom is 0.201 e. The van der Waals surface area contributed by atoms with E-state index < -0.39 is 0 Å². The normalized spacial score (nSPS) is 22.1. The van der Waals surface area contributed by atoms with E-state index in [0.717, 1.165) is 28.1 Å². The molecule has 3 nitrogen and oxygen atoms in total. The molecule has 180 valence electrons. The van der Waals surface area contributed by atoms with Gasteiger partial charge >= 0.3 is 0 Å². The summed E-state index contributed by atoms with van der Waals surface area (Å²) in [5, 5.41) is 17.2. The average Bonchev–Trinajstić information content (AvgIpc) is 3.28. The van der Waals surface area contributed by atoms with Gasteiger partial charge in [0.2, 0.25) is 5.78 Å². The van der Waals surface area contributed by atoms with Crippen LogP contribution in [0.2, 0.25) is 0 Å². The first-order chi connectivity index (χ1) is 17.0. The van der Waals surface area contributed by atoms with Crippen molar-refractivity contribution in [2.24, 2.45) is 0 Å². The molecule has 6 rings (SSSR count). The van der Waals surface area contributed by atoms with E-state index in [-0.39, 0.29) is 22.4 Å². The number of hydrogen-bond donors (Lipinski definition) is 2. The molecular weight excluding hydrogens is 442 g/mol. The van der Waals surface area contributed by atoms with Gasteiger partial charge in [0.25, 0.3) is 0 Å². The lowest BCUT2D eigenvalue weighted by molar-refractivity contribution is -0.113. The Hall–Kier alpha value is -3.85. The molecule has 2 aliphatic carbocycles. The van der Waals surface area contributed by atoms with Crippen LogP contribution < -0.4 is 5.32 Å². The number of fused-ring (bicyclic) bond motifs is 4.